The van der Waals surface area contributed by atoms with Crippen LogP contribution < -0.4 is 5.84 Å². The molecule has 0 rings (SSSR count). The molecule has 0 aliphatic heterocycles. The van der Waals surface area contributed by atoms with E-state index >= 15 is 0 Å². The molecule has 0 bridgehead atoms. The molecular formula is CH5N3O3S. The Labute approximate surface area is 46.1 Å². The van der Waals surface area contributed by atoms with Gasteiger partial charge in [-0.2, -0.15) is 13.5 Å². The normalized spacial score (nSPS) is 12.6. The summed E-state index contributed by atoms with van der Waals surface area (Å²) in [5.74, 6) is 3.64. The van der Waals surface area contributed by atoms with Crippen LogP contribution in [0.15, 0.2) is 10.3 Å². The molecule has 0 aromatic rings. The first-order chi connectivity index (χ1) is 3.56. The first-order valence-corrected chi connectivity index (χ1v) is 3.19. The lowest BCUT2D eigenvalue weighted by atomic mass is 11.5. The zero-order valence-corrected chi connectivity index (χ0v) is 4.67. The predicted octanol–water partition coefficient (Wildman–Crippen LogP) is -0.842. The van der Waals surface area contributed by atoms with Crippen molar-refractivity contribution in [2.24, 2.45) is 16.2 Å². The van der Waals surface area contributed by atoms with Crippen LogP contribution in [0.4, 0.5) is 0 Å². The smallest absolute Gasteiger partial charge is 0.287 e. The second-order valence-corrected chi connectivity index (χ2v) is 2.39. The maximum absolute atomic E-state index is 9.74. The fourth-order valence-electron chi connectivity index (χ4n) is 0.106. The van der Waals surface area contributed by atoms with Crippen LogP contribution in [-0.2, 0) is 10.1 Å². The van der Waals surface area contributed by atoms with E-state index in [1.165, 1.54) is 0 Å². The Morgan fingerprint density at radius 1 is 1.62 bits per heavy atom. The highest BCUT2D eigenvalue weighted by Gasteiger charge is 1.99. The van der Waals surface area contributed by atoms with E-state index in [9.17, 15) is 8.42 Å². The molecule has 0 saturated carbocycles. The van der Waals surface area contributed by atoms with Crippen molar-refractivity contribution in [1.29, 1.82) is 0 Å². The largest absolute Gasteiger partial charge is 0.305 e. The van der Waals surface area contributed by atoms with Crippen LogP contribution in [0.25, 0.3) is 0 Å². The maximum Gasteiger partial charge on any atom is 0.287 e. The summed E-state index contributed by atoms with van der Waals surface area (Å²) in [7, 11) is -4.03. The zero-order chi connectivity index (χ0) is 6.62. The highest BCUT2D eigenvalue weighted by atomic mass is 32.2. The summed E-state index contributed by atoms with van der Waals surface area (Å²) in [4.78, 5) is 0. The number of nitrogens with two attached hydrogens (primary N) is 1. The molecule has 0 aromatic heterocycles. The van der Waals surface area contributed by atoms with Crippen molar-refractivity contribution in [3.63, 3.8) is 0 Å². The van der Waals surface area contributed by atoms with Gasteiger partial charge < -0.3 is 5.84 Å². The summed E-state index contributed by atoms with van der Waals surface area (Å²) in [5.41, 5.74) is 0. The van der Waals surface area contributed by atoms with E-state index in [1.807, 2.05) is 0 Å². The lowest BCUT2D eigenvalue weighted by Gasteiger charge is -1.82. The minimum absolute atomic E-state index is 0.774. The standard InChI is InChI=1S/CH5N3O3S/c2-4-3-1-8(5,6)7/h1H2,(H2,2,3)(H,5,6,7). The van der Waals surface area contributed by atoms with E-state index in [0.717, 1.165) is 0 Å². The summed E-state index contributed by atoms with van der Waals surface area (Å²) in [5, 5.41) is 5.41. The molecule has 0 aromatic carbocycles. The quantitative estimate of drug-likeness (QED) is 0.225. The van der Waals surface area contributed by atoms with Crippen LogP contribution in [0.1, 0.15) is 0 Å². The molecule has 6 nitrogen and oxygen atoms in total. The SMILES string of the molecule is NN=NCS(=O)(=O)O. The van der Waals surface area contributed by atoms with Crippen molar-refractivity contribution in [2.45, 2.75) is 0 Å². The van der Waals surface area contributed by atoms with Gasteiger partial charge in [0.25, 0.3) is 10.1 Å². The van der Waals surface area contributed by atoms with E-state index in [-0.39, 0.29) is 0 Å². The van der Waals surface area contributed by atoms with Crippen molar-refractivity contribution in [2.75, 3.05) is 5.88 Å². The lowest BCUT2D eigenvalue weighted by Crippen LogP contribution is -2.00. The third-order valence-corrected chi connectivity index (χ3v) is 0.744. The van der Waals surface area contributed by atoms with Gasteiger partial charge in [0.15, 0.2) is 5.88 Å². The zero-order valence-electron chi connectivity index (χ0n) is 3.85. The van der Waals surface area contributed by atoms with Gasteiger partial charge in [0.05, 0.1) is 0 Å². The number of rotatable bonds is 2. The van der Waals surface area contributed by atoms with E-state index in [2.05, 4.69) is 16.2 Å². The van der Waals surface area contributed by atoms with Crippen molar-refractivity contribution in [3.05, 3.63) is 0 Å². The van der Waals surface area contributed by atoms with Crippen LogP contribution in [-0.4, -0.2) is 18.8 Å². The Balaban J connectivity index is 3.76. The fourth-order valence-corrected chi connectivity index (χ4v) is 0.319. The van der Waals surface area contributed by atoms with E-state index in [1.54, 1.807) is 0 Å². The van der Waals surface area contributed by atoms with Gasteiger partial charge in [0, 0.05) is 0 Å². The molecule has 0 fully saturated rings. The molecule has 3 N–H and O–H groups in total. The number of nitrogens with zero attached hydrogens (tertiary/aromatic N) is 2. The van der Waals surface area contributed by atoms with Crippen LogP contribution in [0.2, 0.25) is 0 Å². The molecule has 0 spiro atoms. The van der Waals surface area contributed by atoms with E-state index in [0.29, 0.717) is 0 Å². The molecule has 0 aliphatic carbocycles. The van der Waals surface area contributed by atoms with Gasteiger partial charge in [-0.1, -0.05) is 5.22 Å². The van der Waals surface area contributed by atoms with Crippen LogP contribution in [0.5, 0.6) is 0 Å². The average molecular weight is 139 g/mol. The van der Waals surface area contributed by atoms with E-state index in [4.69, 9.17) is 4.55 Å². The van der Waals surface area contributed by atoms with Crippen LogP contribution in [0, 0.1) is 0 Å². The number of hydrogen-bond donors (Lipinski definition) is 2. The third-order valence-electron chi connectivity index (χ3n) is 0.303. The molecule has 0 heterocycles. The van der Waals surface area contributed by atoms with Gasteiger partial charge in [0.2, 0.25) is 0 Å². The van der Waals surface area contributed by atoms with Gasteiger partial charge in [0.1, 0.15) is 0 Å². The molecule has 0 atom stereocenters. The highest BCUT2D eigenvalue weighted by Crippen LogP contribution is 1.80. The third kappa shape index (κ3) is 5.31. The maximum atomic E-state index is 9.74. The summed E-state index contributed by atoms with van der Waals surface area (Å²) in [6, 6.07) is 0. The Morgan fingerprint density at radius 2 is 2.12 bits per heavy atom. The van der Waals surface area contributed by atoms with Crippen LogP contribution >= 0.6 is 0 Å². The second kappa shape index (κ2) is 2.58. The minimum Gasteiger partial charge on any atom is -0.305 e. The summed E-state index contributed by atoms with van der Waals surface area (Å²) in [6.45, 7) is 0. The Morgan fingerprint density at radius 3 is 2.25 bits per heavy atom. The van der Waals surface area contributed by atoms with Crippen molar-refractivity contribution >= 4 is 10.1 Å². The van der Waals surface area contributed by atoms with Crippen LogP contribution in [0.3, 0.4) is 0 Å². The molecule has 8 heavy (non-hydrogen) atoms. The molecular weight excluding hydrogens is 134 g/mol. The topological polar surface area (TPSA) is 105 Å². The van der Waals surface area contributed by atoms with E-state index < -0.39 is 16.0 Å². The van der Waals surface area contributed by atoms with Gasteiger partial charge >= 0.3 is 0 Å². The predicted molar refractivity (Wildman–Crippen MR) is 25.5 cm³/mol. The molecule has 7 heteroatoms. The first kappa shape index (κ1) is 7.31. The number of hydrogen-bond acceptors (Lipinski definition) is 4. The van der Waals surface area contributed by atoms with Gasteiger partial charge in [-0.25, -0.2) is 0 Å². The molecule has 48 valence electrons. The Bertz CT molecular complexity index is 169. The Hall–Kier alpha value is -0.690. The highest BCUT2D eigenvalue weighted by molar-refractivity contribution is 7.85. The Kier molecular flexibility index (Phi) is 2.35. The second-order valence-electron chi connectivity index (χ2n) is 0.968. The molecule has 0 saturated heterocycles. The molecule has 0 aliphatic rings. The first-order valence-electron chi connectivity index (χ1n) is 1.58. The summed E-state index contributed by atoms with van der Waals surface area (Å²) >= 11 is 0. The van der Waals surface area contributed by atoms with Gasteiger partial charge in [-0.3, -0.25) is 4.55 Å². The summed E-state index contributed by atoms with van der Waals surface area (Å²) < 4.78 is 27.4. The molecule has 0 amide bonds. The minimum atomic E-state index is -4.03. The van der Waals surface area contributed by atoms with Crippen molar-refractivity contribution in [1.82, 2.24) is 0 Å². The fraction of sp³-hybridized carbons (Fsp3) is 1.00. The lowest BCUT2D eigenvalue weighted by molar-refractivity contribution is 0.482. The average Bonchev–Trinajstić information content (AvgIpc) is 1.59. The van der Waals surface area contributed by atoms with Gasteiger partial charge in [-0.15, -0.1) is 0 Å². The molecule has 0 radical (unpaired) electrons. The molecule has 0 unspecified atom stereocenters. The van der Waals surface area contributed by atoms with Gasteiger partial charge in [-0.05, 0) is 0 Å². The van der Waals surface area contributed by atoms with Crippen molar-refractivity contribution < 1.29 is 13.0 Å². The summed E-state index contributed by atoms with van der Waals surface area (Å²) in [6.07, 6.45) is 0. The monoisotopic (exact) mass is 139 g/mol. The van der Waals surface area contributed by atoms with Crippen molar-refractivity contribution in [3.8, 4) is 0 Å².